The van der Waals surface area contributed by atoms with Gasteiger partial charge in [0.05, 0.1) is 6.61 Å². The standard InChI is InChI=1S/C16H35NO/c1-6-8-9-15(7-2)14-18-13-12-17-11-10-16(3,4)5/h15,17H,6-14H2,1-5H3. The summed E-state index contributed by atoms with van der Waals surface area (Å²) in [5, 5.41) is 3.45. The van der Waals surface area contributed by atoms with E-state index in [4.69, 9.17) is 4.74 Å². The second kappa shape index (κ2) is 10.8. The van der Waals surface area contributed by atoms with Crippen LogP contribution in [0.1, 0.15) is 66.7 Å². The van der Waals surface area contributed by atoms with E-state index >= 15 is 0 Å². The average Bonchev–Trinajstić information content (AvgIpc) is 2.30. The Balaban J connectivity index is 3.33. The molecule has 2 heteroatoms. The lowest BCUT2D eigenvalue weighted by atomic mass is 9.92. The SMILES string of the molecule is CCCCC(CC)COCCNCCC(C)(C)C. The van der Waals surface area contributed by atoms with Gasteiger partial charge in [-0.25, -0.2) is 0 Å². The van der Waals surface area contributed by atoms with Gasteiger partial charge in [-0.2, -0.15) is 0 Å². The van der Waals surface area contributed by atoms with E-state index in [1.54, 1.807) is 0 Å². The van der Waals surface area contributed by atoms with Gasteiger partial charge in [-0.1, -0.05) is 53.9 Å². The molecule has 0 fully saturated rings. The predicted molar refractivity (Wildman–Crippen MR) is 81.1 cm³/mol. The summed E-state index contributed by atoms with van der Waals surface area (Å²) in [7, 11) is 0. The van der Waals surface area contributed by atoms with Gasteiger partial charge in [-0.05, 0) is 30.7 Å². The van der Waals surface area contributed by atoms with Crippen molar-refractivity contribution in [3.8, 4) is 0 Å². The highest BCUT2D eigenvalue weighted by molar-refractivity contribution is 4.63. The van der Waals surface area contributed by atoms with Crippen LogP contribution in [-0.2, 0) is 4.74 Å². The Morgan fingerprint density at radius 3 is 2.39 bits per heavy atom. The zero-order valence-electron chi connectivity index (χ0n) is 13.3. The predicted octanol–water partition coefficient (Wildman–Crippen LogP) is 4.25. The maximum absolute atomic E-state index is 5.75. The smallest absolute Gasteiger partial charge is 0.0591 e. The van der Waals surface area contributed by atoms with Crippen LogP contribution < -0.4 is 5.32 Å². The van der Waals surface area contributed by atoms with Crippen molar-refractivity contribution >= 4 is 0 Å². The van der Waals surface area contributed by atoms with Crippen LogP contribution in [-0.4, -0.2) is 26.3 Å². The van der Waals surface area contributed by atoms with Gasteiger partial charge in [0.1, 0.15) is 0 Å². The highest BCUT2D eigenvalue weighted by Crippen LogP contribution is 2.16. The van der Waals surface area contributed by atoms with E-state index in [0.29, 0.717) is 5.41 Å². The molecule has 1 N–H and O–H groups in total. The summed E-state index contributed by atoms with van der Waals surface area (Å²) in [5.74, 6) is 0.763. The van der Waals surface area contributed by atoms with E-state index in [-0.39, 0.29) is 0 Å². The summed E-state index contributed by atoms with van der Waals surface area (Å²) in [5.41, 5.74) is 0.432. The van der Waals surface area contributed by atoms with Gasteiger partial charge < -0.3 is 10.1 Å². The Kier molecular flexibility index (Phi) is 10.8. The van der Waals surface area contributed by atoms with Gasteiger partial charge >= 0.3 is 0 Å². The minimum atomic E-state index is 0.432. The molecule has 0 aromatic carbocycles. The van der Waals surface area contributed by atoms with Crippen molar-refractivity contribution in [1.29, 1.82) is 0 Å². The van der Waals surface area contributed by atoms with Crippen LogP contribution in [0.4, 0.5) is 0 Å². The third kappa shape index (κ3) is 12.4. The third-order valence-electron chi connectivity index (χ3n) is 3.37. The molecule has 0 aromatic rings. The number of hydrogen-bond acceptors (Lipinski definition) is 2. The van der Waals surface area contributed by atoms with Crippen LogP contribution in [0.15, 0.2) is 0 Å². The first-order valence-corrected chi connectivity index (χ1v) is 7.78. The van der Waals surface area contributed by atoms with Crippen molar-refractivity contribution in [3.63, 3.8) is 0 Å². The molecule has 2 nitrogen and oxygen atoms in total. The fourth-order valence-corrected chi connectivity index (χ4v) is 1.88. The van der Waals surface area contributed by atoms with Gasteiger partial charge in [0.25, 0.3) is 0 Å². The van der Waals surface area contributed by atoms with E-state index in [9.17, 15) is 0 Å². The zero-order valence-corrected chi connectivity index (χ0v) is 13.3. The molecule has 0 aromatic heterocycles. The van der Waals surface area contributed by atoms with Crippen molar-refractivity contribution in [2.45, 2.75) is 66.7 Å². The molecule has 0 rings (SSSR count). The topological polar surface area (TPSA) is 21.3 Å². The van der Waals surface area contributed by atoms with Crippen LogP contribution in [0.2, 0.25) is 0 Å². The zero-order chi connectivity index (χ0) is 13.9. The highest BCUT2D eigenvalue weighted by atomic mass is 16.5. The molecule has 0 bridgehead atoms. The molecule has 18 heavy (non-hydrogen) atoms. The highest BCUT2D eigenvalue weighted by Gasteiger charge is 2.08. The van der Waals surface area contributed by atoms with E-state index in [2.05, 4.69) is 39.9 Å². The van der Waals surface area contributed by atoms with Crippen LogP contribution in [0.5, 0.6) is 0 Å². The molecule has 0 spiro atoms. The summed E-state index contributed by atoms with van der Waals surface area (Å²) in [6.45, 7) is 15.3. The number of ether oxygens (including phenoxy) is 1. The van der Waals surface area contributed by atoms with Gasteiger partial charge in [0.15, 0.2) is 0 Å². The Morgan fingerprint density at radius 1 is 1.11 bits per heavy atom. The second-order valence-corrected chi connectivity index (χ2v) is 6.55. The summed E-state index contributed by atoms with van der Waals surface area (Å²) < 4.78 is 5.75. The second-order valence-electron chi connectivity index (χ2n) is 6.55. The summed E-state index contributed by atoms with van der Waals surface area (Å²) >= 11 is 0. The lowest BCUT2D eigenvalue weighted by molar-refractivity contribution is 0.0953. The maximum atomic E-state index is 5.75. The Bertz CT molecular complexity index is 174. The Hall–Kier alpha value is -0.0800. The minimum absolute atomic E-state index is 0.432. The molecule has 0 saturated heterocycles. The van der Waals surface area contributed by atoms with Crippen LogP contribution in [0.25, 0.3) is 0 Å². The molecule has 110 valence electrons. The lowest BCUT2D eigenvalue weighted by Crippen LogP contribution is -2.25. The van der Waals surface area contributed by atoms with Gasteiger partial charge in [-0.3, -0.25) is 0 Å². The summed E-state index contributed by atoms with van der Waals surface area (Å²) in [4.78, 5) is 0. The molecule has 0 saturated carbocycles. The van der Waals surface area contributed by atoms with Crippen molar-refractivity contribution < 1.29 is 4.74 Å². The van der Waals surface area contributed by atoms with Crippen molar-refractivity contribution in [1.82, 2.24) is 5.32 Å². The molecule has 0 radical (unpaired) electrons. The summed E-state index contributed by atoms with van der Waals surface area (Å²) in [6.07, 6.45) is 6.43. The number of rotatable bonds is 11. The summed E-state index contributed by atoms with van der Waals surface area (Å²) in [6, 6.07) is 0. The van der Waals surface area contributed by atoms with E-state index < -0.39 is 0 Å². The largest absolute Gasteiger partial charge is 0.380 e. The number of hydrogen-bond donors (Lipinski definition) is 1. The Morgan fingerprint density at radius 2 is 1.83 bits per heavy atom. The first-order valence-electron chi connectivity index (χ1n) is 7.78. The molecule has 0 heterocycles. The lowest BCUT2D eigenvalue weighted by Gasteiger charge is -2.18. The molecule has 0 aliphatic heterocycles. The molecule has 1 unspecified atom stereocenters. The monoisotopic (exact) mass is 257 g/mol. The maximum Gasteiger partial charge on any atom is 0.0591 e. The molecular formula is C16H35NO. The van der Waals surface area contributed by atoms with Gasteiger partial charge in [-0.15, -0.1) is 0 Å². The normalized spacial score (nSPS) is 13.8. The van der Waals surface area contributed by atoms with Crippen LogP contribution >= 0.6 is 0 Å². The number of nitrogens with one attached hydrogen (secondary N) is 1. The van der Waals surface area contributed by atoms with Gasteiger partial charge in [0, 0.05) is 13.2 Å². The van der Waals surface area contributed by atoms with Crippen molar-refractivity contribution in [3.05, 3.63) is 0 Å². The fourth-order valence-electron chi connectivity index (χ4n) is 1.88. The van der Waals surface area contributed by atoms with E-state index in [1.807, 2.05) is 0 Å². The fraction of sp³-hybridized carbons (Fsp3) is 1.00. The molecule has 0 aliphatic rings. The molecular weight excluding hydrogens is 222 g/mol. The quantitative estimate of drug-likeness (QED) is 0.559. The van der Waals surface area contributed by atoms with Crippen molar-refractivity contribution in [2.24, 2.45) is 11.3 Å². The number of unbranched alkanes of at least 4 members (excludes halogenated alkanes) is 1. The van der Waals surface area contributed by atoms with Crippen LogP contribution in [0, 0.1) is 11.3 Å². The first kappa shape index (κ1) is 17.9. The van der Waals surface area contributed by atoms with Crippen LogP contribution in [0.3, 0.4) is 0 Å². The van der Waals surface area contributed by atoms with E-state index in [1.165, 1.54) is 32.1 Å². The molecule has 0 amide bonds. The minimum Gasteiger partial charge on any atom is -0.380 e. The van der Waals surface area contributed by atoms with Gasteiger partial charge in [0.2, 0.25) is 0 Å². The Labute approximate surface area is 115 Å². The third-order valence-corrected chi connectivity index (χ3v) is 3.37. The van der Waals surface area contributed by atoms with Crippen molar-refractivity contribution in [2.75, 3.05) is 26.3 Å². The van der Waals surface area contributed by atoms with E-state index in [0.717, 1.165) is 32.2 Å². The molecule has 0 aliphatic carbocycles. The average molecular weight is 257 g/mol. The first-order chi connectivity index (χ1) is 8.49. The molecule has 1 atom stereocenters.